The summed E-state index contributed by atoms with van der Waals surface area (Å²) in [5, 5.41) is 0.441. The van der Waals surface area contributed by atoms with Crippen molar-refractivity contribution in [3.63, 3.8) is 0 Å². The number of amides is 2. The predicted molar refractivity (Wildman–Crippen MR) is 124 cm³/mol. The van der Waals surface area contributed by atoms with Crippen LogP contribution in [0, 0.1) is 0 Å². The summed E-state index contributed by atoms with van der Waals surface area (Å²) >= 11 is 6.59. The zero-order valence-electron chi connectivity index (χ0n) is 17.7. The minimum Gasteiger partial charge on any atom is -0.371 e. The van der Waals surface area contributed by atoms with Crippen LogP contribution in [0.5, 0.6) is 0 Å². The molecule has 31 heavy (non-hydrogen) atoms. The summed E-state index contributed by atoms with van der Waals surface area (Å²) < 4.78 is 0. The summed E-state index contributed by atoms with van der Waals surface area (Å²) in [6.45, 7) is 2.66. The Balaban J connectivity index is 1.46. The highest BCUT2D eigenvalue weighted by atomic mass is 35.5. The highest BCUT2D eigenvalue weighted by molar-refractivity contribution is 6.35. The molecule has 0 bridgehead atoms. The van der Waals surface area contributed by atoms with E-state index in [0.717, 1.165) is 55.7 Å². The van der Waals surface area contributed by atoms with Crippen LogP contribution in [-0.4, -0.2) is 42.4 Å². The SMILES string of the molecule is O=C(c1ccc(N2CCCC2)cc1Cl)N1CC(=O)N(C2CCCC2)Cc2ccccc21. The second kappa shape index (κ2) is 8.54. The summed E-state index contributed by atoms with van der Waals surface area (Å²) in [4.78, 5) is 32.7. The molecule has 1 aliphatic carbocycles. The topological polar surface area (TPSA) is 43.9 Å². The van der Waals surface area contributed by atoms with Crippen molar-refractivity contribution in [1.82, 2.24) is 4.90 Å². The molecule has 3 aliphatic rings. The highest BCUT2D eigenvalue weighted by Crippen LogP contribution is 2.33. The fraction of sp³-hybridized carbons (Fsp3) is 0.440. The van der Waals surface area contributed by atoms with E-state index < -0.39 is 0 Å². The molecule has 162 valence electrons. The molecule has 5 rings (SSSR count). The summed E-state index contributed by atoms with van der Waals surface area (Å²) in [6.07, 6.45) is 6.79. The molecule has 0 aromatic heterocycles. The molecule has 0 atom stereocenters. The number of carbonyl (C=O) groups is 2. The molecule has 2 amide bonds. The molecule has 0 spiro atoms. The first-order valence-electron chi connectivity index (χ1n) is 11.4. The quantitative estimate of drug-likeness (QED) is 0.687. The Labute approximate surface area is 188 Å². The molecule has 0 N–H and O–H groups in total. The molecule has 6 heteroatoms. The van der Waals surface area contributed by atoms with Crippen molar-refractivity contribution in [2.45, 2.75) is 51.1 Å². The molecule has 0 unspecified atom stereocenters. The Morgan fingerprint density at radius 1 is 0.935 bits per heavy atom. The molecule has 1 saturated carbocycles. The van der Waals surface area contributed by atoms with E-state index in [-0.39, 0.29) is 24.4 Å². The molecule has 2 aromatic rings. The van der Waals surface area contributed by atoms with Crippen molar-refractivity contribution < 1.29 is 9.59 Å². The number of hydrogen-bond donors (Lipinski definition) is 0. The van der Waals surface area contributed by atoms with Crippen molar-refractivity contribution >= 4 is 34.8 Å². The Hall–Kier alpha value is -2.53. The third-order valence-corrected chi connectivity index (χ3v) is 7.21. The predicted octanol–water partition coefficient (Wildman–Crippen LogP) is 4.87. The van der Waals surface area contributed by atoms with Gasteiger partial charge in [0.25, 0.3) is 5.91 Å². The number of benzene rings is 2. The van der Waals surface area contributed by atoms with Crippen LogP contribution < -0.4 is 9.80 Å². The lowest BCUT2D eigenvalue weighted by atomic mass is 10.1. The summed E-state index contributed by atoms with van der Waals surface area (Å²) in [6, 6.07) is 13.8. The molecule has 5 nitrogen and oxygen atoms in total. The van der Waals surface area contributed by atoms with Gasteiger partial charge in [-0.3, -0.25) is 14.5 Å². The molecule has 2 fully saturated rings. The number of hydrogen-bond acceptors (Lipinski definition) is 3. The van der Waals surface area contributed by atoms with Gasteiger partial charge in [-0.1, -0.05) is 42.6 Å². The van der Waals surface area contributed by atoms with Crippen molar-refractivity contribution in [1.29, 1.82) is 0 Å². The van der Waals surface area contributed by atoms with Gasteiger partial charge in [0.05, 0.1) is 10.6 Å². The highest BCUT2D eigenvalue weighted by Gasteiger charge is 2.34. The van der Waals surface area contributed by atoms with E-state index in [1.165, 1.54) is 12.8 Å². The Kier molecular flexibility index (Phi) is 5.61. The average molecular weight is 438 g/mol. The maximum Gasteiger partial charge on any atom is 0.260 e. The molecular weight excluding hydrogens is 410 g/mol. The van der Waals surface area contributed by atoms with Crippen LogP contribution in [0.1, 0.15) is 54.4 Å². The van der Waals surface area contributed by atoms with Gasteiger partial charge in [-0.25, -0.2) is 0 Å². The zero-order valence-corrected chi connectivity index (χ0v) is 18.5. The minimum absolute atomic E-state index is 0.0151. The molecule has 1 saturated heterocycles. The van der Waals surface area contributed by atoms with Crippen LogP contribution in [0.2, 0.25) is 5.02 Å². The van der Waals surface area contributed by atoms with Gasteiger partial charge in [-0.15, -0.1) is 0 Å². The minimum atomic E-state index is -0.216. The van der Waals surface area contributed by atoms with Gasteiger partial charge in [0, 0.05) is 37.1 Å². The largest absolute Gasteiger partial charge is 0.371 e. The fourth-order valence-electron chi connectivity index (χ4n) is 5.22. The maximum absolute atomic E-state index is 13.6. The van der Waals surface area contributed by atoms with Crippen LogP contribution in [0.4, 0.5) is 11.4 Å². The first-order chi connectivity index (χ1) is 15.1. The van der Waals surface area contributed by atoms with E-state index in [1.807, 2.05) is 47.4 Å². The van der Waals surface area contributed by atoms with Crippen molar-refractivity contribution in [3.05, 3.63) is 58.6 Å². The van der Waals surface area contributed by atoms with Gasteiger partial charge >= 0.3 is 0 Å². The average Bonchev–Trinajstić information content (AvgIpc) is 3.48. The lowest BCUT2D eigenvalue weighted by molar-refractivity contribution is -0.132. The Morgan fingerprint density at radius 2 is 1.68 bits per heavy atom. The standard InChI is InChI=1S/C25H28ClN3O2/c26-22-15-20(27-13-5-6-14-27)11-12-21(22)25(31)29-17-24(30)28(19-8-2-3-9-19)16-18-7-1-4-10-23(18)29/h1,4,7,10-12,15,19H,2-3,5-6,8-9,13-14,16-17H2. The lowest BCUT2D eigenvalue weighted by Crippen LogP contribution is -2.43. The third-order valence-electron chi connectivity index (χ3n) is 6.90. The van der Waals surface area contributed by atoms with Crippen LogP contribution >= 0.6 is 11.6 Å². The van der Waals surface area contributed by atoms with E-state index in [1.54, 1.807) is 4.90 Å². The fourth-order valence-corrected chi connectivity index (χ4v) is 5.47. The number of halogens is 1. The summed E-state index contributed by atoms with van der Waals surface area (Å²) in [5.41, 5.74) is 3.32. The van der Waals surface area contributed by atoms with Gasteiger partial charge in [-0.2, -0.15) is 0 Å². The Bertz CT molecular complexity index is 996. The number of nitrogens with zero attached hydrogens (tertiary/aromatic N) is 3. The van der Waals surface area contributed by atoms with Gasteiger partial charge in [0.15, 0.2) is 0 Å². The first-order valence-corrected chi connectivity index (χ1v) is 11.7. The summed E-state index contributed by atoms with van der Waals surface area (Å²) in [7, 11) is 0. The molecule has 0 radical (unpaired) electrons. The Morgan fingerprint density at radius 3 is 2.42 bits per heavy atom. The van der Waals surface area contributed by atoms with E-state index in [2.05, 4.69) is 4.90 Å². The smallest absolute Gasteiger partial charge is 0.260 e. The van der Waals surface area contributed by atoms with E-state index in [0.29, 0.717) is 17.1 Å². The number of fused-ring (bicyclic) bond motifs is 1. The van der Waals surface area contributed by atoms with Crippen molar-refractivity contribution in [3.8, 4) is 0 Å². The molecule has 2 aliphatic heterocycles. The van der Waals surface area contributed by atoms with Crippen molar-refractivity contribution in [2.75, 3.05) is 29.4 Å². The van der Waals surface area contributed by atoms with Gasteiger partial charge in [0.2, 0.25) is 5.91 Å². The van der Waals surface area contributed by atoms with E-state index >= 15 is 0 Å². The number of rotatable bonds is 3. The second-order valence-corrected chi connectivity index (χ2v) is 9.25. The molecular formula is C25H28ClN3O2. The van der Waals surface area contributed by atoms with Gasteiger partial charge in [-0.05, 0) is 55.5 Å². The molecule has 2 aromatic carbocycles. The van der Waals surface area contributed by atoms with Crippen molar-refractivity contribution in [2.24, 2.45) is 0 Å². The summed E-state index contributed by atoms with van der Waals surface area (Å²) in [5.74, 6) is -0.201. The molecule has 2 heterocycles. The number of anilines is 2. The van der Waals surface area contributed by atoms with Crippen LogP contribution in [-0.2, 0) is 11.3 Å². The number of carbonyl (C=O) groups excluding carboxylic acids is 2. The van der Waals surface area contributed by atoms with E-state index in [9.17, 15) is 9.59 Å². The third kappa shape index (κ3) is 3.91. The monoisotopic (exact) mass is 437 g/mol. The number of para-hydroxylation sites is 1. The zero-order chi connectivity index (χ0) is 21.4. The van der Waals surface area contributed by atoms with Gasteiger partial charge < -0.3 is 9.80 Å². The van der Waals surface area contributed by atoms with Gasteiger partial charge in [0.1, 0.15) is 6.54 Å². The maximum atomic E-state index is 13.6. The normalized spacial score (nSPS) is 19.6. The first kappa shape index (κ1) is 20.4. The van der Waals surface area contributed by atoms with Crippen LogP contribution in [0.15, 0.2) is 42.5 Å². The van der Waals surface area contributed by atoms with E-state index in [4.69, 9.17) is 11.6 Å². The second-order valence-electron chi connectivity index (χ2n) is 8.84. The lowest BCUT2D eigenvalue weighted by Gasteiger charge is -2.28. The van der Waals surface area contributed by atoms with Crippen LogP contribution in [0.3, 0.4) is 0 Å². The van der Waals surface area contributed by atoms with Crippen LogP contribution in [0.25, 0.3) is 0 Å².